The highest BCUT2D eigenvalue weighted by Crippen LogP contribution is 2.23. The van der Waals surface area contributed by atoms with Crippen LogP contribution in [0.2, 0.25) is 0 Å². The Labute approximate surface area is 128 Å². The van der Waals surface area contributed by atoms with Crippen molar-refractivity contribution in [2.75, 3.05) is 19.5 Å². The number of hydrogen-bond acceptors (Lipinski definition) is 3. The average Bonchev–Trinajstić information content (AvgIpc) is 2.54. The van der Waals surface area contributed by atoms with Crippen molar-refractivity contribution in [1.82, 2.24) is 0 Å². The van der Waals surface area contributed by atoms with Gasteiger partial charge in [0.15, 0.2) is 0 Å². The Bertz CT molecular complexity index is 659. The van der Waals surface area contributed by atoms with Crippen LogP contribution in [-0.4, -0.2) is 20.1 Å². The van der Waals surface area contributed by atoms with E-state index < -0.39 is 0 Å². The summed E-state index contributed by atoms with van der Waals surface area (Å²) >= 11 is 0. The molecule has 0 heterocycles. The maximum Gasteiger partial charge on any atom is 0.248 e. The second-order valence-electron chi connectivity index (χ2n) is 4.48. The molecule has 22 heavy (non-hydrogen) atoms. The molecule has 1 amide bonds. The topological polar surface area (TPSA) is 47.6 Å². The first-order valence-electron chi connectivity index (χ1n) is 6.58. The number of rotatable bonds is 5. The fourth-order valence-corrected chi connectivity index (χ4v) is 1.81. The number of hydrogen-bond donors (Lipinski definition) is 1. The standard InChI is InChI=1S/C17H16FNO3/c1-21-15-9-12(10-16(11-15)22-2)3-8-17(20)19-14-6-4-13(18)5-7-14/h3-11H,1-2H3,(H,19,20)/b8-3+. The summed E-state index contributed by atoms with van der Waals surface area (Å²) in [6.07, 6.45) is 3.03. The number of anilines is 1. The number of ether oxygens (including phenoxy) is 2. The molecule has 2 rings (SSSR count). The van der Waals surface area contributed by atoms with Crippen LogP contribution < -0.4 is 14.8 Å². The molecule has 0 aliphatic carbocycles. The van der Waals surface area contributed by atoms with Crippen LogP contribution in [0.5, 0.6) is 11.5 Å². The highest BCUT2D eigenvalue weighted by atomic mass is 19.1. The Morgan fingerprint density at radius 1 is 1.05 bits per heavy atom. The fourth-order valence-electron chi connectivity index (χ4n) is 1.81. The summed E-state index contributed by atoms with van der Waals surface area (Å²) in [5.74, 6) is 0.612. The van der Waals surface area contributed by atoms with E-state index >= 15 is 0 Å². The number of amides is 1. The van der Waals surface area contributed by atoms with Crippen LogP contribution in [0.1, 0.15) is 5.56 Å². The van der Waals surface area contributed by atoms with Gasteiger partial charge in [-0.05, 0) is 48.0 Å². The van der Waals surface area contributed by atoms with Crippen molar-refractivity contribution in [2.24, 2.45) is 0 Å². The van der Waals surface area contributed by atoms with Crippen molar-refractivity contribution in [3.63, 3.8) is 0 Å². The van der Waals surface area contributed by atoms with Crippen molar-refractivity contribution < 1.29 is 18.7 Å². The third kappa shape index (κ3) is 4.34. The van der Waals surface area contributed by atoms with E-state index in [9.17, 15) is 9.18 Å². The zero-order valence-corrected chi connectivity index (χ0v) is 12.3. The van der Waals surface area contributed by atoms with E-state index in [-0.39, 0.29) is 11.7 Å². The Hall–Kier alpha value is -2.82. The van der Waals surface area contributed by atoms with Gasteiger partial charge in [-0.3, -0.25) is 4.79 Å². The molecule has 5 heteroatoms. The van der Waals surface area contributed by atoms with E-state index in [1.807, 2.05) is 0 Å². The highest BCUT2D eigenvalue weighted by molar-refractivity contribution is 6.01. The SMILES string of the molecule is COc1cc(/C=C/C(=O)Nc2ccc(F)cc2)cc(OC)c1. The van der Waals surface area contributed by atoms with Gasteiger partial charge in [-0.1, -0.05) is 0 Å². The first kappa shape index (κ1) is 15.6. The summed E-state index contributed by atoms with van der Waals surface area (Å²) in [6.45, 7) is 0. The van der Waals surface area contributed by atoms with Gasteiger partial charge in [0.2, 0.25) is 5.91 Å². The molecule has 0 aromatic heterocycles. The van der Waals surface area contributed by atoms with Crippen molar-refractivity contribution >= 4 is 17.7 Å². The van der Waals surface area contributed by atoms with Gasteiger partial charge in [-0.15, -0.1) is 0 Å². The average molecular weight is 301 g/mol. The lowest BCUT2D eigenvalue weighted by atomic mass is 10.2. The largest absolute Gasteiger partial charge is 0.497 e. The van der Waals surface area contributed by atoms with Crippen molar-refractivity contribution in [2.45, 2.75) is 0 Å². The number of halogens is 1. The third-order valence-corrected chi connectivity index (χ3v) is 2.91. The maximum atomic E-state index is 12.8. The monoisotopic (exact) mass is 301 g/mol. The molecule has 0 fully saturated rings. The molecule has 2 aromatic carbocycles. The summed E-state index contributed by atoms with van der Waals surface area (Å²) in [4.78, 5) is 11.8. The first-order chi connectivity index (χ1) is 10.6. The minimum Gasteiger partial charge on any atom is -0.497 e. The lowest BCUT2D eigenvalue weighted by Crippen LogP contribution is -2.07. The van der Waals surface area contributed by atoms with Gasteiger partial charge in [-0.25, -0.2) is 4.39 Å². The summed E-state index contributed by atoms with van der Waals surface area (Å²) in [6, 6.07) is 10.9. The Kier molecular flexibility index (Phi) is 5.14. The molecule has 4 nitrogen and oxygen atoms in total. The van der Waals surface area contributed by atoms with Crippen LogP contribution in [0.25, 0.3) is 6.08 Å². The second kappa shape index (κ2) is 7.26. The van der Waals surface area contributed by atoms with Crippen LogP contribution in [0, 0.1) is 5.82 Å². The number of nitrogens with one attached hydrogen (secondary N) is 1. The maximum absolute atomic E-state index is 12.8. The number of carbonyl (C=O) groups excluding carboxylic acids is 1. The third-order valence-electron chi connectivity index (χ3n) is 2.91. The van der Waals surface area contributed by atoms with Crippen molar-refractivity contribution in [3.05, 3.63) is 59.9 Å². The predicted molar refractivity (Wildman–Crippen MR) is 83.6 cm³/mol. The lowest BCUT2D eigenvalue weighted by molar-refractivity contribution is -0.111. The summed E-state index contributed by atoms with van der Waals surface area (Å²) in [5.41, 5.74) is 1.30. The number of benzene rings is 2. The Balaban J connectivity index is 2.07. The second-order valence-corrected chi connectivity index (χ2v) is 4.48. The molecular formula is C17H16FNO3. The van der Waals surface area contributed by atoms with E-state index in [0.717, 1.165) is 5.56 Å². The minimum atomic E-state index is -0.350. The molecule has 0 aliphatic heterocycles. The normalized spacial score (nSPS) is 10.5. The van der Waals surface area contributed by atoms with Crippen LogP contribution in [0.4, 0.5) is 10.1 Å². The van der Waals surface area contributed by atoms with Gasteiger partial charge < -0.3 is 14.8 Å². The van der Waals surface area contributed by atoms with Crippen LogP contribution in [0.15, 0.2) is 48.5 Å². The number of methoxy groups -OCH3 is 2. The molecule has 0 bridgehead atoms. The van der Waals surface area contributed by atoms with Gasteiger partial charge in [0, 0.05) is 17.8 Å². The molecule has 0 unspecified atom stereocenters. The number of carbonyl (C=O) groups is 1. The van der Waals surface area contributed by atoms with E-state index in [1.54, 1.807) is 38.5 Å². The molecule has 0 saturated heterocycles. The van der Waals surface area contributed by atoms with Gasteiger partial charge in [0.25, 0.3) is 0 Å². The molecule has 0 radical (unpaired) electrons. The fraction of sp³-hybridized carbons (Fsp3) is 0.118. The van der Waals surface area contributed by atoms with Crippen LogP contribution in [0.3, 0.4) is 0 Å². The highest BCUT2D eigenvalue weighted by Gasteiger charge is 2.01. The smallest absolute Gasteiger partial charge is 0.248 e. The molecular weight excluding hydrogens is 285 g/mol. The van der Waals surface area contributed by atoms with E-state index in [2.05, 4.69) is 5.32 Å². The predicted octanol–water partition coefficient (Wildman–Crippen LogP) is 3.49. The van der Waals surface area contributed by atoms with E-state index in [0.29, 0.717) is 17.2 Å². The van der Waals surface area contributed by atoms with Crippen LogP contribution >= 0.6 is 0 Å². The van der Waals surface area contributed by atoms with Crippen LogP contribution in [-0.2, 0) is 4.79 Å². The van der Waals surface area contributed by atoms with Gasteiger partial charge in [-0.2, -0.15) is 0 Å². The van der Waals surface area contributed by atoms with Gasteiger partial charge in [0.05, 0.1) is 14.2 Å². The molecule has 0 saturated carbocycles. The molecule has 0 aliphatic rings. The van der Waals surface area contributed by atoms with Gasteiger partial charge >= 0.3 is 0 Å². The molecule has 0 spiro atoms. The zero-order chi connectivity index (χ0) is 15.9. The van der Waals surface area contributed by atoms with Crippen molar-refractivity contribution in [3.8, 4) is 11.5 Å². The summed E-state index contributed by atoms with van der Waals surface area (Å²) < 4.78 is 23.1. The van der Waals surface area contributed by atoms with E-state index in [1.165, 1.54) is 30.3 Å². The summed E-state index contributed by atoms with van der Waals surface area (Å²) in [7, 11) is 3.12. The molecule has 0 atom stereocenters. The Morgan fingerprint density at radius 2 is 1.64 bits per heavy atom. The summed E-state index contributed by atoms with van der Waals surface area (Å²) in [5, 5.41) is 2.64. The lowest BCUT2D eigenvalue weighted by Gasteiger charge is -2.06. The molecule has 114 valence electrons. The van der Waals surface area contributed by atoms with Gasteiger partial charge in [0.1, 0.15) is 17.3 Å². The van der Waals surface area contributed by atoms with Crippen molar-refractivity contribution in [1.29, 1.82) is 0 Å². The first-order valence-corrected chi connectivity index (χ1v) is 6.58. The molecule has 2 aromatic rings. The Morgan fingerprint density at radius 3 is 2.18 bits per heavy atom. The minimum absolute atomic E-state index is 0.312. The zero-order valence-electron chi connectivity index (χ0n) is 12.3. The van der Waals surface area contributed by atoms with E-state index in [4.69, 9.17) is 9.47 Å². The quantitative estimate of drug-likeness (QED) is 0.860. The molecule has 1 N–H and O–H groups in total.